The number of aryl methyl sites for hydroxylation is 5. The summed E-state index contributed by atoms with van der Waals surface area (Å²) in [5, 5.41) is 14.8. The summed E-state index contributed by atoms with van der Waals surface area (Å²) in [4.78, 5) is 22.2. The van der Waals surface area contributed by atoms with Crippen molar-refractivity contribution in [1.82, 2.24) is 20.2 Å². The zero-order valence-electron chi connectivity index (χ0n) is 17.8. The highest BCUT2D eigenvalue weighted by molar-refractivity contribution is 7.99. The second kappa shape index (κ2) is 8.89. The third kappa shape index (κ3) is 4.86. The molecule has 4 aromatic rings. The number of nitrogens with one attached hydrogen (secondary N) is 1. The van der Waals surface area contributed by atoms with E-state index in [1.165, 1.54) is 51.1 Å². The molecule has 0 saturated heterocycles. The van der Waals surface area contributed by atoms with Crippen LogP contribution < -0.4 is 5.32 Å². The number of hydrogen-bond donors (Lipinski definition) is 1. The maximum absolute atomic E-state index is 12.4. The molecule has 0 aliphatic carbocycles. The Labute approximate surface area is 192 Å². The average molecular weight is 472 g/mol. The van der Waals surface area contributed by atoms with Gasteiger partial charge in [0.15, 0.2) is 5.13 Å². The zero-order valence-corrected chi connectivity index (χ0v) is 20.2. The smallest absolute Gasteiger partial charge is 0.277 e. The number of amides is 1. The fourth-order valence-corrected chi connectivity index (χ4v) is 5.52. The van der Waals surface area contributed by atoms with Crippen LogP contribution in [0.5, 0.6) is 0 Å². The summed E-state index contributed by atoms with van der Waals surface area (Å²) in [7, 11) is 0. The van der Waals surface area contributed by atoms with Crippen molar-refractivity contribution in [1.29, 1.82) is 0 Å². The van der Waals surface area contributed by atoms with Gasteiger partial charge in [-0.1, -0.05) is 29.5 Å². The fraction of sp³-hybridized carbons (Fsp3) is 0.286. The van der Waals surface area contributed by atoms with Gasteiger partial charge in [0.05, 0.1) is 22.1 Å². The molecule has 0 radical (unpaired) electrons. The van der Waals surface area contributed by atoms with Crippen LogP contribution in [0.2, 0.25) is 0 Å². The fourth-order valence-electron chi connectivity index (χ4n) is 3.40. The topological polar surface area (TPSA) is 93.8 Å². The number of rotatable bonds is 6. The molecule has 0 saturated carbocycles. The average Bonchev–Trinajstić information content (AvgIpc) is 3.40. The van der Waals surface area contributed by atoms with Crippen molar-refractivity contribution in [3.8, 4) is 22.0 Å². The van der Waals surface area contributed by atoms with Crippen molar-refractivity contribution in [2.24, 2.45) is 0 Å². The van der Waals surface area contributed by atoms with Crippen LogP contribution in [0.3, 0.4) is 0 Å². The normalized spacial score (nSPS) is 11.1. The van der Waals surface area contributed by atoms with E-state index < -0.39 is 0 Å². The first-order chi connectivity index (χ1) is 14.8. The van der Waals surface area contributed by atoms with Crippen molar-refractivity contribution < 1.29 is 9.21 Å². The quantitative estimate of drug-likeness (QED) is 0.366. The van der Waals surface area contributed by atoms with E-state index in [0.29, 0.717) is 16.2 Å². The van der Waals surface area contributed by atoms with Gasteiger partial charge in [-0.3, -0.25) is 4.79 Å². The first kappa shape index (κ1) is 21.7. The number of aromatic nitrogens is 4. The van der Waals surface area contributed by atoms with Crippen molar-refractivity contribution in [3.05, 3.63) is 44.9 Å². The van der Waals surface area contributed by atoms with E-state index in [4.69, 9.17) is 4.42 Å². The lowest BCUT2D eigenvalue weighted by atomic mass is 9.98. The monoisotopic (exact) mass is 471 g/mol. The van der Waals surface area contributed by atoms with E-state index >= 15 is 0 Å². The van der Waals surface area contributed by atoms with Crippen molar-refractivity contribution in [2.45, 2.75) is 39.8 Å². The minimum absolute atomic E-state index is 0.153. The van der Waals surface area contributed by atoms with Gasteiger partial charge in [0.2, 0.25) is 5.91 Å². The summed E-state index contributed by atoms with van der Waals surface area (Å²) in [6, 6.07) is 4.29. The number of hydrogen-bond acceptors (Lipinski definition) is 9. The van der Waals surface area contributed by atoms with E-state index in [1.807, 2.05) is 19.2 Å². The molecule has 0 aliphatic rings. The van der Waals surface area contributed by atoms with Crippen molar-refractivity contribution in [3.63, 3.8) is 0 Å². The Morgan fingerprint density at radius 1 is 1.10 bits per heavy atom. The van der Waals surface area contributed by atoms with Gasteiger partial charge in [-0.2, -0.15) is 0 Å². The van der Waals surface area contributed by atoms with Crippen LogP contribution in [-0.4, -0.2) is 31.8 Å². The Morgan fingerprint density at radius 3 is 2.52 bits per heavy atom. The van der Waals surface area contributed by atoms with Crippen LogP contribution in [-0.2, 0) is 4.79 Å². The Morgan fingerprint density at radius 2 is 1.84 bits per heavy atom. The van der Waals surface area contributed by atoms with Gasteiger partial charge in [-0.05, 0) is 45.7 Å². The van der Waals surface area contributed by atoms with Crippen molar-refractivity contribution in [2.75, 3.05) is 11.1 Å². The molecule has 0 unspecified atom stereocenters. The second-order valence-electron chi connectivity index (χ2n) is 7.17. The lowest BCUT2D eigenvalue weighted by molar-refractivity contribution is -0.113. The summed E-state index contributed by atoms with van der Waals surface area (Å²) in [5.74, 6) is 0.409. The molecule has 31 heavy (non-hydrogen) atoms. The molecular formula is C21H21N5O2S3. The SMILES string of the molecule is Cc1cc(C)c(-c2csc(NC(=O)CSc3nnc(-c4sc(C)nc4C)o3)n2)c(C)c1. The van der Waals surface area contributed by atoms with Crippen LogP contribution in [0.4, 0.5) is 5.13 Å². The standard InChI is InChI=1S/C21H21N5O2S3/c1-10-6-11(2)17(12(3)7-10)15-8-29-20(23-15)24-16(27)9-30-21-26-25-19(28-21)18-13(4)22-14(5)31-18/h6-8H,9H2,1-5H3,(H,23,24,27). The predicted molar refractivity (Wildman–Crippen MR) is 126 cm³/mol. The highest BCUT2D eigenvalue weighted by atomic mass is 32.2. The van der Waals surface area contributed by atoms with E-state index in [0.717, 1.165) is 26.8 Å². The number of carbonyl (C=O) groups is 1. The number of thioether (sulfide) groups is 1. The molecule has 0 spiro atoms. The van der Waals surface area contributed by atoms with Gasteiger partial charge in [-0.15, -0.1) is 32.9 Å². The molecule has 3 heterocycles. The highest BCUT2D eigenvalue weighted by Crippen LogP contribution is 2.32. The van der Waals surface area contributed by atoms with Gasteiger partial charge in [0.1, 0.15) is 4.88 Å². The van der Waals surface area contributed by atoms with Gasteiger partial charge >= 0.3 is 0 Å². The molecule has 1 N–H and O–H groups in total. The number of carbonyl (C=O) groups excluding carboxylic acids is 1. The Kier molecular flexibility index (Phi) is 6.22. The molecule has 4 rings (SSSR count). The molecule has 1 aromatic carbocycles. The number of nitrogens with zero attached hydrogens (tertiary/aromatic N) is 4. The minimum atomic E-state index is -0.173. The lowest BCUT2D eigenvalue weighted by Crippen LogP contribution is -2.13. The lowest BCUT2D eigenvalue weighted by Gasteiger charge is -2.08. The summed E-state index contributed by atoms with van der Waals surface area (Å²) in [5.41, 5.74) is 6.43. The maximum Gasteiger partial charge on any atom is 0.277 e. The predicted octanol–water partition coefficient (Wildman–Crippen LogP) is 5.59. The summed E-state index contributed by atoms with van der Waals surface area (Å²) in [6.07, 6.45) is 0. The van der Waals surface area contributed by atoms with Gasteiger partial charge in [0, 0.05) is 10.9 Å². The molecular weight excluding hydrogens is 450 g/mol. The third-order valence-electron chi connectivity index (χ3n) is 4.51. The van der Waals surface area contributed by atoms with Crippen LogP contribution in [0.15, 0.2) is 27.2 Å². The summed E-state index contributed by atoms with van der Waals surface area (Å²) < 4.78 is 5.68. The number of anilines is 1. The molecule has 0 aliphatic heterocycles. The van der Waals surface area contributed by atoms with E-state index in [1.54, 1.807) is 0 Å². The molecule has 10 heteroatoms. The first-order valence-corrected chi connectivity index (χ1v) is 12.2. The maximum atomic E-state index is 12.4. The Hall–Kier alpha value is -2.56. The Balaban J connectivity index is 1.38. The van der Waals surface area contributed by atoms with Crippen molar-refractivity contribution >= 4 is 45.5 Å². The van der Waals surface area contributed by atoms with Gasteiger partial charge in [-0.25, -0.2) is 9.97 Å². The van der Waals surface area contributed by atoms with Crippen LogP contribution in [0.1, 0.15) is 27.4 Å². The summed E-state index contributed by atoms with van der Waals surface area (Å²) in [6.45, 7) is 10.1. The van der Waals surface area contributed by atoms with E-state index in [9.17, 15) is 4.79 Å². The van der Waals surface area contributed by atoms with Crippen LogP contribution >= 0.6 is 34.4 Å². The van der Waals surface area contributed by atoms with Crippen LogP contribution in [0.25, 0.3) is 22.0 Å². The number of thiazole rings is 2. The molecule has 3 aromatic heterocycles. The second-order valence-corrected chi connectivity index (χ2v) is 10.2. The van der Waals surface area contributed by atoms with E-state index in [2.05, 4.69) is 58.4 Å². The Bertz CT molecular complexity index is 1230. The number of benzene rings is 1. The molecule has 0 atom stereocenters. The largest absolute Gasteiger partial charge is 0.410 e. The van der Waals surface area contributed by atoms with Crippen LogP contribution in [0, 0.1) is 34.6 Å². The third-order valence-corrected chi connectivity index (χ3v) is 7.15. The molecule has 0 fully saturated rings. The molecule has 1 amide bonds. The van der Waals surface area contributed by atoms with E-state index in [-0.39, 0.29) is 11.7 Å². The zero-order chi connectivity index (χ0) is 22.1. The van der Waals surface area contributed by atoms with Gasteiger partial charge < -0.3 is 9.73 Å². The first-order valence-electron chi connectivity index (χ1n) is 9.54. The van der Waals surface area contributed by atoms with Gasteiger partial charge in [0.25, 0.3) is 11.1 Å². The molecule has 7 nitrogen and oxygen atoms in total. The minimum Gasteiger partial charge on any atom is -0.410 e. The summed E-state index contributed by atoms with van der Waals surface area (Å²) >= 11 is 4.11. The highest BCUT2D eigenvalue weighted by Gasteiger charge is 2.17. The molecule has 0 bridgehead atoms. The molecule has 160 valence electrons.